The summed E-state index contributed by atoms with van der Waals surface area (Å²) in [6.07, 6.45) is 0. The molecule has 5 nitrogen and oxygen atoms in total. The molecule has 0 saturated carbocycles. The van der Waals surface area contributed by atoms with Crippen LogP contribution in [0.2, 0.25) is 0 Å². The molecule has 0 saturated heterocycles. The maximum absolute atomic E-state index is 12.2. The van der Waals surface area contributed by atoms with Crippen LogP contribution >= 0.6 is 0 Å². The summed E-state index contributed by atoms with van der Waals surface area (Å²) >= 11 is 0. The smallest absolute Gasteiger partial charge is 0.255 e. The van der Waals surface area contributed by atoms with E-state index in [1.807, 2.05) is 24.3 Å². The topological polar surface area (TPSA) is 73.6 Å². The number of hydrogen-bond acceptors (Lipinski definition) is 4. The molecule has 0 aromatic heterocycles. The molecule has 0 aliphatic heterocycles. The molecular formula is C16H18N2O3. The van der Waals surface area contributed by atoms with Crippen molar-refractivity contribution in [3.8, 4) is 11.5 Å². The van der Waals surface area contributed by atoms with Gasteiger partial charge >= 0.3 is 0 Å². The average Bonchev–Trinajstić information content (AvgIpc) is 2.53. The maximum Gasteiger partial charge on any atom is 0.255 e. The summed E-state index contributed by atoms with van der Waals surface area (Å²) in [5.41, 5.74) is 7.63. The van der Waals surface area contributed by atoms with Gasteiger partial charge in [0.25, 0.3) is 5.91 Å². The predicted molar refractivity (Wildman–Crippen MR) is 81.6 cm³/mol. The zero-order valence-corrected chi connectivity index (χ0v) is 12.1. The third-order valence-corrected chi connectivity index (χ3v) is 3.08. The highest BCUT2D eigenvalue weighted by atomic mass is 16.5. The second-order valence-corrected chi connectivity index (χ2v) is 4.49. The molecule has 2 aromatic carbocycles. The van der Waals surface area contributed by atoms with E-state index in [1.54, 1.807) is 25.3 Å². The molecule has 110 valence electrons. The minimum Gasteiger partial charge on any atom is -0.497 e. The van der Waals surface area contributed by atoms with Crippen molar-refractivity contribution in [2.75, 3.05) is 20.0 Å². The largest absolute Gasteiger partial charge is 0.497 e. The lowest BCUT2D eigenvalue weighted by molar-refractivity contribution is 0.0948. The van der Waals surface area contributed by atoms with Crippen molar-refractivity contribution >= 4 is 11.6 Å². The fraction of sp³-hybridized carbons (Fsp3) is 0.188. The lowest BCUT2D eigenvalue weighted by Gasteiger charge is -2.10. The van der Waals surface area contributed by atoms with Crippen molar-refractivity contribution < 1.29 is 14.3 Å². The van der Waals surface area contributed by atoms with Gasteiger partial charge in [0.1, 0.15) is 11.5 Å². The molecule has 0 spiro atoms. The Morgan fingerprint density at radius 2 is 1.81 bits per heavy atom. The van der Waals surface area contributed by atoms with Crippen LogP contribution in [-0.2, 0) is 6.54 Å². The van der Waals surface area contributed by atoms with Gasteiger partial charge in [-0.15, -0.1) is 0 Å². The number of rotatable bonds is 5. The van der Waals surface area contributed by atoms with Crippen LogP contribution in [0.1, 0.15) is 15.9 Å². The van der Waals surface area contributed by atoms with Crippen LogP contribution in [0.4, 0.5) is 5.69 Å². The monoisotopic (exact) mass is 286 g/mol. The van der Waals surface area contributed by atoms with E-state index < -0.39 is 0 Å². The maximum atomic E-state index is 12.2. The Bertz CT molecular complexity index is 624. The Hall–Kier alpha value is -2.69. The van der Waals surface area contributed by atoms with Gasteiger partial charge in [-0.25, -0.2) is 0 Å². The molecule has 0 heterocycles. The van der Waals surface area contributed by atoms with Gasteiger partial charge in [-0.1, -0.05) is 12.1 Å². The normalized spacial score (nSPS) is 10.0. The molecule has 0 fully saturated rings. The number of carbonyl (C=O) groups excluding carboxylic acids is 1. The number of benzene rings is 2. The van der Waals surface area contributed by atoms with E-state index in [0.717, 1.165) is 11.3 Å². The van der Waals surface area contributed by atoms with Crippen LogP contribution in [0.25, 0.3) is 0 Å². The van der Waals surface area contributed by atoms with Crippen LogP contribution in [0, 0.1) is 0 Å². The molecular weight excluding hydrogens is 268 g/mol. The van der Waals surface area contributed by atoms with E-state index in [-0.39, 0.29) is 5.91 Å². The van der Waals surface area contributed by atoms with Gasteiger partial charge in [0, 0.05) is 12.2 Å². The fourth-order valence-corrected chi connectivity index (χ4v) is 1.92. The van der Waals surface area contributed by atoms with Crippen molar-refractivity contribution in [2.24, 2.45) is 0 Å². The van der Waals surface area contributed by atoms with Gasteiger partial charge in [0.15, 0.2) is 0 Å². The average molecular weight is 286 g/mol. The van der Waals surface area contributed by atoms with Gasteiger partial charge in [-0.3, -0.25) is 4.79 Å². The summed E-state index contributed by atoms with van der Waals surface area (Å²) in [6, 6.07) is 12.5. The van der Waals surface area contributed by atoms with Crippen molar-refractivity contribution in [1.82, 2.24) is 5.32 Å². The molecule has 2 aromatic rings. The molecule has 0 radical (unpaired) electrons. The lowest BCUT2D eigenvalue weighted by atomic mass is 10.1. The predicted octanol–water partition coefficient (Wildman–Crippen LogP) is 2.22. The van der Waals surface area contributed by atoms with Crippen LogP contribution in [-0.4, -0.2) is 20.1 Å². The molecule has 0 aliphatic rings. The van der Waals surface area contributed by atoms with Crippen LogP contribution in [0.15, 0.2) is 42.5 Å². The fourth-order valence-electron chi connectivity index (χ4n) is 1.92. The van der Waals surface area contributed by atoms with Crippen LogP contribution in [0.3, 0.4) is 0 Å². The Morgan fingerprint density at radius 3 is 2.43 bits per heavy atom. The van der Waals surface area contributed by atoms with Crippen LogP contribution in [0.5, 0.6) is 11.5 Å². The number of carbonyl (C=O) groups is 1. The Kier molecular flexibility index (Phi) is 4.66. The molecule has 0 bridgehead atoms. The summed E-state index contributed by atoms with van der Waals surface area (Å²) < 4.78 is 10.3. The molecule has 0 unspecified atom stereocenters. The quantitative estimate of drug-likeness (QED) is 0.827. The molecule has 3 N–H and O–H groups in total. The number of methoxy groups -OCH3 is 2. The van der Waals surface area contributed by atoms with Gasteiger partial charge < -0.3 is 20.5 Å². The van der Waals surface area contributed by atoms with Gasteiger partial charge in [0.2, 0.25) is 0 Å². The Morgan fingerprint density at radius 1 is 1.10 bits per heavy atom. The number of hydrogen-bond donors (Lipinski definition) is 2. The first-order valence-corrected chi connectivity index (χ1v) is 6.48. The molecule has 5 heteroatoms. The number of ether oxygens (including phenoxy) is 2. The number of amides is 1. The van der Waals surface area contributed by atoms with Crippen LogP contribution < -0.4 is 20.5 Å². The number of nitrogens with one attached hydrogen (secondary N) is 1. The minimum atomic E-state index is -0.227. The molecule has 0 atom stereocenters. The minimum absolute atomic E-state index is 0.227. The molecule has 0 aliphatic carbocycles. The molecule has 1 amide bonds. The Labute approximate surface area is 123 Å². The first kappa shape index (κ1) is 14.7. The third kappa shape index (κ3) is 3.66. The highest BCUT2D eigenvalue weighted by Crippen LogP contribution is 2.21. The number of anilines is 1. The second kappa shape index (κ2) is 6.65. The first-order chi connectivity index (χ1) is 10.1. The summed E-state index contributed by atoms with van der Waals surface area (Å²) in [7, 11) is 3.13. The van der Waals surface area contributed by atoms with Gasteiger partial charge in [-0.2, -0.15) is 0 Å². The van der Waals surface area contributed by atoms with Crippen molar-refractivity contribution in [1.29, 1.82) is 0 Å². The highest BCUT2D eigenvalue weighted by molar-refractivity contribution is 5.97. The lowest BCUT2D eigenvalue weighted by Crippen LogP contribution is -2.23. The molecule has 21 heavy (non-hydrogen) atoms. The number of nitrogens with two attached hydrogens (primary N) is 1. The van der Waals surface area contributed by atoms with E-state index in [4.69, 9.17) is 15.2 Å². The zero-order chi connectivity index (χ0) is 15.2. The van der Waals surface area contributed by atoms with Crippen molar-refractivity contribution in [3.63, 3.8) is 0 Å². The van der Waals surface area contributed by atoms with Gasteiger partial charge in [0.05, 0.1) is 19.8 Å². The summed E-state index contributed by atoms with van der Waals surface area (Å²) in [4.78, 5) is 12.2. The molecule has 2 rings (SSSR count). The van der Waals surface area contributed by atoms with Crippen molar-refractivity contribution in [3.05, 3.63) is 53.6 Å². The standard InChI is InChI=1S/C16H18N2O3/c1-20-13-6-3-11(4-7-13)10-18-16(19)14-9-12(17)5-8-15(14)21-2/h3-9H,10,17H2,1-2H3,(H,18,19). The number of nitrogen functional groups attached to an aromatic ring is 1. The summed E-state index contributed by atoms with van der Waals surface area (Å²) in [5.74, 6) is 1.05. The SMILES string of the molecule is COc1ccc(CNC(=O)c2cc(N)ccc2OC)cc1. The van der Waals surface area contributed by atoms with Gasteiger partial charge in [-0.05, 0) is 35.9 Å². The van der Waals surface area contributed by atoms with E-state index in [2.05, 4.69) is 5.32 Å². The summed E-state index contributed by atoms with van der Waals surface area (Å²) in [5, 5.41) is 2.84. The first-order valence-electron chi connectivity index (χ1n) is 6.48. The van der Waals surface area contributed by atoms with Crippen molar-refractivity contribution in [2.45, 2.75) is 6.54 Å². The Balaban J connectivity index is 2.05. The van der Waals surface area contributed by atoms with E-state index >= 15 is 0 Å². The van der Waals surface area contributed by atoms with E-state index in [1.165, 1.54) is 7.11 Å². The zero-order valence-electron chi connectivity index (χ0n) is 12.1. The van der Waals surface area contributed by atoms with E-state index in [0.29, 0.717) is 23.5 Å². The third-order valence-electron chi connectivity index (χ3n) is 3.08. The summed E-state index contributed by atoms with van der Waals surface area (Å²) in [6.45, 7) is 0.417. The second-order valence-electron chi connectivity index (χ2n) is 4.49. The van der Waals surface area contributed by atoms with E-state index in [9.17, 15) is 4.79 Å². The highest BCUT2D eigenvalue weighted by Gasteiger charge is 2.12.